The minimum absolute atomic E-state index is 0. The highest BCUT2D eigenvalue weighted by Crippen LogP contribution is 2.26. The first-order chi connectivity index (χ1) is 10.1. The van der Waals surface area contributed by atoms with Gasteiger partial charge in [-0.2, -0.15) is 0 Å². The standard InChI is InChI=1S/C15H20N4O2.ClH/c16-13-3-1-2-12(13)14(20)18-10-4-6-11(7-5-10)19-9-8-17-15(19)21;/h4-7,12-13H,1-3,8-9,16H2,(H,17,21)(H,18,20);1H. The van der Waals surface area contributed by atoms with Crippen LogP contribution in [0.3, 0.4) is 0 Å². The summed E-state index contributed by atoms with van der Waals surface area (Å²) in [4.78, 5) is 25.4. The normalized spacial score (nSPS) is 23.9. The quantitative estimate of drug-likeness (QED) is 0.791. The van der Waals surface area contributed by atoms with Gasteiger partial charge in [0.1, 0.15) is 0 Å². The molecule has 120 valence electrons. The second kappa shape index (κ2) is 6.98. The molecule has 1 heterocycles. The number of nitrogens with one attached hydrogen (secondary N) is 2. The molecule has 0 spiro atoms. The topological polar surface area (TPSA) is 87.5 Å². The van der Waals surface area contributed by atoms with Gasteiger partial charge in [0.05, 0.1) is 5.92 Å². The number of urea groups is 1. The Morgan fingerprint density at radius 1 is 1.27 bits per heavy atom. The fourth-order valence-corrected chi connectivity index (χ4v) is 2.99. The molecule has 4 N–H and O–H groups in total. The van der Waals surface area contributed by atoms with Gasteiger partial charge in [-0.3, -0.25) is 9.69 Å². The summed E-state index contributed by atoms with van der Waals surface area (Å²) >= 11 is 0. The predicted octanol–water partition coefficient (Wildman–Crippen LogP) is 1.70. The summed E-state index contributed by atoms with van der Waals surface area (Å²) in [5.74, 6) is -0.0966. The third kappa shape index (κ3) is 3.34. The molecule has 22 heavy (non-hydrogen) atoms. The zero-order valence-corrected chi connectivity index (χ0v) is 13.1. The van der Waals surface area contributed by atoms with Gasteiger partial charge in [0.25, 0.3) is 0 Å². The van der Waals surface area contributed by atoms with Crippen molar-refractivity contribution in [1.29, 1.82) is 0 Å². The van der Waals surface area contributed by atoms with Gasteiger partial charge in [-0.25, -0.2) is 4.79 Å². The second-order valence-corrected chi connectivity index (χ2v) is 5.62. The molecule has 0 aromatic heterocycles. The van der Waals surface area contributed by atoms with Crippen LogP contribution in [-0.4, -0.2) is 31.1 Å². The van der Waals surface area contributed by atoms with Crippen LogP contribution in [0.4, 0.5) is 16.2 Å². The Morgan fingerprint density at radius 2 is 2.00 bits per heavy atom. The Hall–Kier alpha value is -1.79. The first-order valence-corrected chi connectivity index (χ1v) is 7.37. The van der Waals surface area contributed by atoms with E-state index in [2.05, 4.69) is 10.6 Å². The van der Waals surface area contributed by atoms with Gasteiger partial charge in [0.15, 0.2) is 0 Å². The maximum Gasteiger partial charge on any atom is 0.321 e. The molecule has 1 aliphatic heterocycles. The highest BCUT2D eigenvalue weighted by molar-refractivity contribution is 5.95. The molecule has 3 rings (SSSR count). The smallest absolute Gasteiger partial charge is 0.321 e. The lowest BCUT2D eigenvalue weighted by atomic mass is 10.0. The van der Waals surface area contributed by atoms with Crippen molar-refractivity contribution in [3.05, 3.63) is 24.3 Å². The zero-order chi connectivity index (χ0) is 14.8. The molecule has 1 aromatic rings. The SMILES string of the molecule is Cl.NC1CCCC1C(=O)Nc1ccc(N2CCNC2=O)cc1. The number of hydrogen-bond donors (Lipinski definition) is 3. The van der Waals surface area contributed by atoms with Crippen LogP contribution in [0.5, 0.6) is 0 Å². The number of nitrogens with two attached hydrogens (primary N) is 1. The lowest BCUT2D eigenvalue weighted by Gasteiger charge is -2.17. The Balaban J connectivity index is 0.00000176. The van der Waals surface area contributed by atoms with Gasteiger partial charge in [-0.15, -0.1) is 12.4 Å². The lowest BCUT2D eigenvalue weighted by molar-refractivity contribution is -0.120. The zero-order valence-electron chi connectivity index (χ0n) is 12.2. The van der Waals surface area contributed by atoms with E-state index >= 15 is 0 Å². The fraction of sp³-hybridized carbons (Fsp3) is 0.467. The van der Waals surface area contributed by atoms with Crippen LogP contribution in [0.25, 0.3) is 0 Å². The van der Waals surface area contributed by atoms with Crippen molar-refractivity contribution in [1.82, 2.24) is 5.32 Å². The van der Waals surface area contributed by atoms with Crippen molar-refractivity contribution >= 4 is 35.7 Å². The maximum atomic E-state index is 12.2. The molecule has 7 heteroatoms. The molecule has 1 aliphatic carbocycles. The summed E-state index contributed by atoms with van der Waals surface area (Å²) in [5.41, 5.74) is 7.52. The van der Waals surface area contributed by atoms with Crippen molar-refractivity contribution in [2.24, 2.45) is 11.7 Å². The summed E-state index contributed by atoms with van der Waals surface area (Å²) in [5, 5.41) is 5.67. The van der Waals surface area contributed by atoms with E-state index in [0.29, 0.717) is 13.1 Å². The van der Waals surface area contributed by atoms with Crippen LogP contribution < -0.4 is 21.3 Å². The summed E-state index contributed by atoms with van der Waals surface area (Å²) < 4.78 is 0. The largest absolute Gasteiger partial charge is 0.336 e. The number of rotatable bonds is 3. The van der Waals surface area contributed by atoms with Gasteiger partial charge in [-0.1, -0.05) is 6.42 Å². The van der Waals surface area contributed by atoms with E-state index in [1.54, 1.807) is 4.90 Å². The van der Waals surface area contributed by atoms with Crippen molar-refractivity contribution in [2.75, 3.05) is 23.3 Å². The highest BCUT2D eigenvalue weighted by atomic mass is 35.5. The fourth-order valence-electron chi connectivity index (χ4n) is 2.99. The van der Waals surface area contributed by atoms with E-state index in [-0.39, 0.29) is 36.3 Å². The van der Waals surface area contributed by atoms with Crippen LogP contribution in [-0.2, 0) is 4.79 Å². The van der Waals surface area contributed by atoms with E-state index in [0.717, 1.165) is 30.6 Å². The van der Waals surface area contributed by atoms with Gasteiger partial charge >= 0.3 is 6.03 Å². The first kappa shape index (κ1) is 16.6. The van der Waals surface area contributed by atoms with E-state index in [4.69, 9.17) is 5.73 Å². The molecule has 1 saturated heterocycles. The third-order valence-corrected chi connectivity index (χ3v) is 4.21. The minimum Gasteiger partial charge on any atom is -0.336 e. The molecule has 0 radical (unpaired) electrons. The molecular weight excluding hydrogens is 304 g/mol. The minimum atomic E-state index is -0.0889. The molecule has 0 bridgehead atoms. The summed E-state index contributed by atoms with van der Waals surface area (Å²) in [6.07, 6.45) is 2.79. The van der Waals surface area contributed by atoms with E-state index in [1.807, 2.05) is 24.3 Å². The number of anilines is 2. The number of halogens is 1. The number of hydrogen-bond acceptors (Lipinski definition) is 3. The van der Waals surface area contributed by atoms with Crippen LogP contribution in [0.15, 0.2) is 24.3 Å². The number of benzene rings is 1. The maximum absolute atomic E-state index is 12.2. The average molecular weight is 325 g/mol. The predicted molar refractivity (Wildman–Crippen MR) is 88.4 cm³/mol. The Bertz CT molecular complexity index is 549. The van der Waals surface area contributed by atoms with Crippen molar-refractivity contribution in [3.8, 4) is 0 Å². The Kier molecular flexibility index (Phi) is 5.26. The summed E-state index contributed by atoms with van der Waals surface area (Å²) in [6.45, 7) is 1.33. The van der Waals surface area contributed by atoms with Crippen LogP contribution >= 0.6 is 12.4 Å². The average Bonchev–Trinajstić information content (AvgIpc) is 3.08. The number of carbonyl (C=O) groups is 2. The highest BCUT2D eigenvalue weighted by Gasteiger charge is 2.30. The third-order valence-electron chi connectivity index (χ3n) is 4.21. The van der Waals surface area contributed by atoms with Crippen LogP contribution in [0.1, 0.15) is 19.3 Å². The second-order valence-electron chi connectivity index (χ2n) is 5.62. The lowest BCUT2D eigenvalue weighted by Crippen LogP contribution is -2.34. The summed E-state index contributed by atoms with van der Waals surface area (Å²) in [6, 6.07) is 7.21. The Morgan fingerprint density at radius 3 is 2.55 bits per heavy atom. The van der Waals surface area contributed by atoms with E-state index in [9.17, 15) is 9.59 Å². The molecule has 6 nitrogen and oxygen atoms in total. The van der Waals surface area contributed by atoms with Gasteiger partial charge in [0, 0.05) is 30.5 Å². The molecule has 2 aliphatic rings. The molecular formula is C15H21ClN4O2. The number of amides is 3. The monoisotopic (exact) mass is 324 g/mol. The molecule has 2 unspecified atom stereocenters. The first-order valence-electron chi connectivity index (χ1n) is 7.37. The molecule has 3 amide bonds. The number of nitrogens with zero attached hydrogens (tertiary/aromatic N) is 1. The summed E-state index contributed by atoms with van der Waals surface area (Å²) in [7, 11) is 0. The van der Waals surface area contributed by atoms with Crippen LogP contribution in [0, 0.1) is 5.92 Å². The number of carbonyl (C=O) groups excluding carboxylic acids is 2. The van der Waals surface area contributed by atoms with Gasteiger partial charge in [-0.05, 0) is 37.1 Å². The van der Waals surface area contributed by atoms with E-state index in [1.165, 1.54) is 0 Å². The molecule has 2 fully saturated rings. The van der Waals surface area contributed by atoms with Gasteiger partial charge < -0.3 is 16.4 Å². The van der Waals surface area contributed by atoms with E-state index < -0.39 is 0 Å². The molecule has 1 saturated carbocycles. The van der Waals surface area contributed by atoms with Gasteiger partial charge in [0.2, 0.25) is 5.91 Å². The van der Waals surface area contributed by atoms with Crippen molar-refractivity contribution in [3.63, 3.8) is 0 Å². The molecule has 1 aromatic carbocycles. The van der Waals surface area contributed by atoms with Crippen molar-refractivity contribution in [2.45, 2.75) is 25.3 Å². The van der Waals surface area contributed by atoms with Crippen LogP contribution in [0.2, 0.25) is 0 Å². The van der Waals surface area contributed by atoms with Crippen molar-refractivity contribution < 1.29 is 9.59 Å². The Labute approximate surface area is 135 Å². The molecule has 2 atom stereocenters.